The number of halogens is 1. The highest BCUT2D eigenvalue weighted by atomic mass is 19.1. The lowest BCUT2D eigenvalue weighted by atomic mass is 9.73. The first kappa shape index (κ1) is 18.3. The predicted molar refractivity (Wildman–Crippen MR) is 97.3 cm³/mol. The maximum absolute atomic E-state index is 13.1. The van der Waals surface area contributed by atoms with Gasteiger partial charge in [0.1, 0.15) is 5.82 Å². The van der Waals surface area contributed by atoms with Crippen LogP contribution in [0.4, 0.5) is 4.39 Å². The summed E-state index contributed by atoms with van der Waals surface area (Å²) < 4.78 is 13.1. The van der Waals surface area contributed by atoms with Crippen molar-refractivity contribution in [3.63, 3.8) is 0 Å². The molecule has 0 aromatic heterocycles. The van der Waals surface area contributed by atoms with Crippen molar-refractivity contribution >= 4 is 5.91 Å². The van der Waals surface area contributed by atoms with Gasteiger partial charge in [-0.1, -0.05) is 12.1 Å². The molecule has 0 bridgehead atoms. The van der Waals surface area contributed by atoms with Crippen molar-refractivity contribution in [2.75, 3.05) is 19.6 Å². The minimum atomic E-state index is -0.210. The predicted octanol–water partition coefficient (Wildman–Crippen LogP) is 2.45. The van der Waals surface area contributed by atoms with E-state index in [2.05, 4.69) is 0 Å². The molecule has 1 saturated heterocycles. The molecule has 4 N–H and O–H groups in total. The van der Waals surface area contributed by atoms with Gasteiger partial charge in [0, 0.05) is 25.0 Å². The van der Waals surface area contributed by atoms with E-state index in [1.165, 1.54) is 12.1 Å². The van der Waals surface area contributed by atoms with Crippen LogP contribution in [0.5, 0.6) is 0 Å². The van der Waals surface area contributed by atoms with Crippen LogP contribution in [0.15, 0.2) is 24.3 Å². The Hall–Kier alpha value is -1.46. The first-order chi connectivity index (χ1) is 12.0. The number of nitrogens with two attached hydrogens (primary N) is 2. The highest BCUT2D eigenvalue weighted by molar-refractivity contribution is 5.79. The van der Waals surface area contributed by atoms with Crippen molar-refractivity contribution in [2.45, 2.75) is 51.0 Å². The lowest BCUT2D eigenvalue weighted by Gasteiger charge is -2.43. The van der Waals surface area contributed by atoms with Gasteiger partial charge in [0.15, 0.2) is 0 Å². The Labute approximate surface area is 149 Å². The minimum absolute atomic E-state index is 0.0174. The summed E-state index contributed by atoms with van der Waals surface area (Å²) in [7, 11) is 0. The number of carbonyl (C=O) groups is 1. The molecular formula is C20H30FN3O. The Morgan fingerprint density at radius 2 is 1.72 bits per heavy atom. The monoisotopic (exact) mass is 347 g/mol. The van der Waals surface area contributed by atoms with Crippen molar-refractivity contribution in [3.8, 4) is 0 Å². The molecule has 0 radical (unpaired) electrons. The number of nitrogens with zero attached hydrogens (tertiary/aromatic N) is 1. The highest BCUT2D eigenvalue weighted by Gasteiger charge is 2.37. The lowest BCUT2D eigenvalue weighted by molar-refractivity contribution is -0.139. The summed E-state index contributed by atoms with van der Waals surface area (Å²) in [6, 6.07) is 6.97. The van der Waals surface area contributed by atoms with Crippen molar-refractivity contribution < 1.29 is 9.18 Å². The zero-order valence-corrected chi connectivity index (χ0v) is 14.9. The Balaban J connectivity index is 1.57. The van der Waals surface area contributed by atoms with Gasteiger partial charge < -0.3 is 16.4 Å². The van der Waals surface area contributed by atoms with E-state index in [-0.39, 0.29) is 23.2 Å². The van der Waals surface area contributed by atoms with Gasteiger partial charge in [-0.2, -0.15) is 0 Å². The van der Waals surface area contributed by atoms with Gasteiger partial charge in [0.2, 0.25) is 5.91 Å². The molecule has 1 saturated carbocycles. The Bertz CT molecular complexity index is 573. The highest BCUT2D eigenvalue weighted by Crippen LogP contribution is 2.35. The molecule has 0 unspecified atom stereocenters. The van der Waals surface area contributed by atoms with E-state index in [1.807, 2.05) is 17.0 Å². The molecule has 4 nitrogen and oxygen atoms in total. The van der Waals surface area contributed by atoms with Gasteiger partial charge >= 0.3 is 0 Å². The molecule has 25 heavy (non-hydrogen) atoms. The fourth-order valence-corrected chi connectivity index (χ4v) is 4.31. The van der Waals surface area contributed by atoms with Gasteiger partial charge in [0.05, 0.1) is 0 Å². The number of benzene rings is 1. The normalized spacial score (nSPS) is 26.4. The summed E-state index contributed by atoms with van der Waals surface area (Å²) in [5.41, 5.74) is 13.2. The van der Waals surface area contributed by atoms with E-state index in [9.17, 15) is 9.18 Å². The average Bonchev–Trinajstić information content (AvgIpc) is 2.64. The van der Waals surface area contributed by atoms with Crippen LogP contribution in [-0.2, 0) is 11.2 Å². The fraction of sp³-hybridized carbons (Fsp3) is 0.650. The Morgan fingerprint density at radius 1 is 1.12 bits per heavy atom. The topological polar surface area (TPSA) is 72.3 Å². The first-order valence-electron chi connectivity index (χ1n) is 9.50. The van der Waals surface area contributed by atoms with E-state index in [1.54, 1.807) is 0 Å². The van der Waals surface area contributed by atoms with Crippen LogP contribution < -0.4 is 11.5 Å². The molecule has 1 heterocycles. The van der Waals surface area contributed by atoms with Crippen molar-refractivity contribution in [1.29, 1.82) is 0 Å². The summed E-state index contributed by atoms with van der Waals surface area (Å²) in [6.07, 6.45) is 6.45. The van der Waals surface area contributed by atoms with E-state index < -0.39 is 0 Å². The molecule has 1 aromatic rings. The molecule has 0 atom stereocenters. The molecule has 2 fully saturated rings. The van der Waals surface area contributed by atoms with Crippen LogP contribution in [0.25, 0.3) is 0 Å². The molecule has 3 rings (SSSR count). The zero-order chi connectivity index (χ0) is 17.9. The van der Waals surface area contributed by atoms with Gasteiger partial charge in [-0.15, -0.1) is 0 Å². The van der Waals surface area contributed by atoms with Crippen LogP contribution in [0.2, 0.25) is 0 Å². The van der Waals surface area contributed by atoms with Crippen LogP contribution in [0.3, 0.4) is 0 Å². The quantitative estimate of drug-likeness (QED) is 0.879. The molecule has 1 aliphatic heterocycles. The number of piperidine rings is 1. The van der Waals surface area contributed by atoms with E-state index >= 15 is 0 Å². The molecule has 1 amide bonds. The third kappa shape index (κ3) is 4.39. The second kappa shape index (κ2) is 7.83. The van der Waals surface area contributed by atoms with E-state index in [4.69, 9.17) is 11.5 Å². The van der Waals surface area contributed by atoms with Crippen LogP contribution in [0, 0.1) is 17.2 Å². The third-order valence-electron chi connectivity index (χ3n) is 6.18. The summed E-state index contributed by atoms with van der Waals surface area (Å²) >= 11 is 0. The van der Waals surface area contributed by atoms with Gasteiger partial charge in [0.25, 0.3) is 0 Å². The lowest BCUT2D eigenvalue weighted by Crippen LogP contribution is -2.49. The molecule has 1 aromatic carbocycles. The SMILES string of the molecule is NCC1(Cc2ccc(F)cc2)CCN(C(=O)C2CCC(N)CC2)CC1. The summed E-state index contributed by atoms with van der Waals surface area (Å²) in [5, 5.41) is 0. The van der Waals surface area contributed by atoms with Gasteiger partial charge in [-0.05, 0) is 74.6 Å². The number of likely N-dealkylation sites (tertiary alicyclic amines) is 1. The van der Waals surface area contributed by atoms with E-state index in [0.717, 1.165) is 63.6 Å². The number of hydrogen-bond acceptors (Lipinski definition) is 3. The maximum Gasteiger partial charge on any atom is 0.225 e. The van der Waals surface area contributed by atoms with Crippen molar-refractivity contribution in [3.05, 3.63) is 35.6 Å². The average molecular weight is 347 g/mol. The molecule has 5 heteroatoms. The second-order valence-electron chi connectivity index (χ2n) is 7.94. The first-order valence-corrected chi connectivity index (χ1v) is 9.50. The van der Waals surface area contributed by atoms with Crippen LogP contribution in [0.1, 0.15) is 44.1 Å². The molecule has 1 aliphatic carbocycles. The smallest absolute Gasteiger partial charge is 0.225 e. The van der Waals surface area contributed by atoms with Crippen LogP contribution >= 0.6 is 0 Å². The van der Waals surface area contributed by atoms with Crippen molar-refractivity contribution in [1.82, 2.24) is 4.90 Å². The standard InChI is InChI=1S/C20H30FN3O/c21-17-5-1-15(2-6-17)13-20(14-22)9-11-24(12-10-20)19(25)16-3-7-18(23)8-4-16/h1-2,5-6,16,18H,3-4,7-14,22-23H2. The van der Waals surface area contributed by atoms with Crippen LogP contribution in [-0.4, -0.2) is 36.5 Å². The Morgan fingerprint density at radius 3 is 2.28 bits per heavy atom. The number of hydrogen-bond donors (Lipinski definition) is 2. The number of carbonyl (C=O) groups excluding carboxylic acids is 1. The Kier molecular flexibility index (Phi) is 5.74. The third-order valence-corrected chi connectivity index (χ3v) is 6.18. The summed E-state index contributed by atoms with van der Waals surface area (Å²) in [6.45, 7) is 2.16. The largest absolute Gasteiger partial charge is 0.342 e. The zero-order valence-electron chi connectivity index (χ0n) is 14.9. The molecule has 2 aliphatic rings. The molecule has 0 spiro atoms. The summed E-state index contributed by atoms with van der Waals surface area (Å²) in [5.74, 6) is 0.250. The molecule has 138 valence electrons. The van der Waals surface area contributed by atoms with Crippen molar-refractivity contribution in [2.24, 2.45) is 22.8 Å². The number of rotatable bonds is 4. The van der Waals surface area contributed by atoms with Gasteiger partial charge in [-0.25, -0.2) is 4.39 Å². The minimum Gasteiger partial charge on any atom is -0.342 e. The number of amides is 1. The summed E-state index contributed by atoms with van der Waals surface area (Å²) in [4.78, 5) is 14.8. The van der Waals surface area contributed by atoms with Gasteiger partial charge in [-0.3, -0.25) is 4.79 Å². The van der Waals surface area contributed by atoms with E-state index in [0.29, 0.717) is 12.5 Å². The fourth-order valence-electron chi connectivity index (χ4n) is 4.31. The second-order valence-corrected chi connectivity index (χ2v) is 7.94. The molecular weight excluding hydrogens is 317 g/mol. The maximum atomic E-state index is 13.1.